The lowest BCUT2D eigenvalue weighted by molar-refractivity contribution is -0.139. The Hall–Kier alpha value is -0.360. The zero-order valence-corrected chi connectivity index (χ0v) is 12.6. The molecule has 94 valence electrons. The molecule has 0 N–H and O–H groups in total. The second-order valence-corrected chi connectivity index (χ2v) is 6.26. The van der Waals surface area contributed by atoms with E-state index in [1.54, 1.807) is 0 Å². The lowest BCUT2D eigenvalue weighted by atomic mass is 9.91. The van der Waals surface area contributed by atoms with Crippen LogP contribution in [0.25, 0.3) is 0 Å². The number of carbonyl (C=O) groups excluding carboxylic acids is 2. The monoisotopic (exact) mass is 366 g/mol. The molecule has 2 aliphatic carbocycles. The summed E-state index contributed by atoms with van der Waals surface area (Å²) in [5.74, 6) is -0.819. The Kier molecular flexibility index (Phi) is 3.63. The van der Waals surface area contributed by atoms with Gasteiger partial charge in [-0.2, -0.15) is 0 Å². The number of ether oxygens (including phenoxy) is 2. The molecule has 17 heavy (non-hydrogen) atoms. The van der Waals surface area contributed by atoms with Crippen molar-refractivity contribution >= 4 is 43.8 Å². The Morgan fingerprint density at radius 1 is 1.00 bits per heavy atom. The van der Waals surface area contributed by atoms with Crippen molar-refractivity contribution in [1.29, 1.82) is 0 Å². The summed E-state index contributed by atoms with van der Waals surface area (Å²) in [5.41, 5.74) is 0.948. The molecule has 2 rings (SSSR count). The molecule has 0 radical (unpaired) electrons. The average Bonchev–Trinajstić information content (AvgIpc) is 2.85. The highest BCUT2D eigenvalue weighted by Gasteiger charge is 2.54. The second-order valence-electron chi connectivity index (χ2n) is 4.15. The summed E-state index contributed by atoms with van der Waals surface area (Å²) < 4.78 is 9.51. The topological polar surface area (TPSA) is 52.6 Å². The number of methoxy groups -OCH3 is 2. The van der Waals surface area contributed by atoms with Crippen LogP contribution in [0.5, 0.6) is 0 Å². The molecule has 0 aromatic heterocycles. The molecule has 6 heteroatoms. The van der Waals surface area contributed by atoms with E-state index in [-0.39, 0.29) is 21.5 Å². The van der Waals surface area contributed by atoms with Crippen LogP contribution in [0.15, 0.2) is 11.1 Å². The van der Waals surface area contributed by atoms with Crippen LogP contribution in [-0.4, -0.2) is 35.8 Å². The van der Waals surface area contributed by atoms with Gasteiger partial charge in [0.2, 0.25) is 0 Å². The number of fused-ring (bicyclic) bond motifs is 2. The summed E-state index contributed by atoms with van der Waals surface area (Å²) in [4.78, 5) is 23.8. The normalized spacial score (nSPS) is 35.1. The van der Waals surface area contributed by atoms with Gasteiger partial charge in [-0.3, -0.25) is 0 Å². The molecule has 0 heterocycles. The predicted octanol–water partition coefficient (Wildman–Crippen LogP) is 1.81. The molecule has 0 saturated heterocycles. The molecular formula is C11H12Br2O4. The summed E-state index contributed by atoms with van der Waals surface area (Å²) in [6.45, 7) is 0. The highest BCUT2D eigenvalue weighted by Crippen LogP contribution is 2.54. The smallest absolute Gasteiger partial charge is 0.334 e. The maximum atomic E-state index is 11.8. The third-order valence-electron chi connectivity index (χ3n) is 3.42. The van der Waals surface area contributed by atoms with E-state index in [1.807, 2.05) is 0 Å². The largest absolute Gasteiger partial charge is 0.466 e. The fourth-order valence-corrected chi connectivity index (χ4v) is 4.37. The first-order valence-electron chi connectivity index (χ1n) is 5.21. The Morgan fingerprint density at radius 3 is 1.65 bits per heavy atom. The maximum absolute atomic E-state index is 11.8. The van der Waals surface area contributed by atoms with Gasteiger partial charge in [-0.15, -0.1) is 0 Å². The number of carbonyl (C=O) groups is 2. The van der Waals surface area contributed by atoms with Crippen LogP contribution >= 0.6 is 31.9 Å². The molecule has 4 nitrogen and oxygen atoms in total. The fraction of sp³-hybridized carbons (Fsp3) is 0.636. The minimum atomic E-state index is -0.429. The van der Waals surface area contributed by atoms with Crippen LogP contribution in [0.1, 0.15) is 6.42 Å². The number of hydrogen-bond acceptors (Lipinski definition) is 4. The van der Waals surface area contributed by atoms with Gasteiger partial charge in [-0.25, -0.2) is 9.59 Å². The van der Waals surface area contributed by atoms with Gasteiger partial charge in [0.1, 0.15) is 0 Å². The number of alkyl halides is 2. The predicted molar refractivity (Wildman–Crippen MR) is 68.1 cm³/mol. The van der Waals surface area contributed by atoms with E-state index in [4.69, 9.17) is 9.47 Å². The Labute approximate surface area is 116 Å². The molecular weight excluding hydrogens is 356 g/mol. The summed E-state index contributed by atoms with van der Waals surface area (Å²) in [5, 5.41) is 0. The van der Waals surface area contributed by atoms with Crippen molar-refractivity contribution < 1.29 is 19.1 Å². The lowest BCUT2D eigenvalue weighted by Gasteiger charge is -2.25. The molecule has 4 atom stereocenters. The minimum Gasteiger partial charge on any atom is -0.466 e. The van der Waals surface area contributed by atoms with Crippen molar-refractivity contribution in [3.63, 3.8) is 0 Å². The first-order chi connectivity index (χ1) is 8.02. The number of hydrogen-bond donors (Lipinski definition) is 0. The SMILES string of the molecule is COC(=O)C1=C(C(=O)OC)[C@@H]2C[C@H]1[C@H](Br)[C@H]2Br. The van der Waals surface area contributed by atoms with E-state index in [0.29, 0.717) is 11.1 Å². The second kappa shape index (κ2) is 4.72. The van der Waals surface area contributed by atoms with E-state index in [9.17, 15) is 9.59 Å². The molecule has 0 aliphatic heterocycles. The fourth-order valence-electron chi connectivity index (χ4n) is 2.67. The van der Waals surface area contributed by atoms with Crippen molar-refractivity contribution in [2.45, 2.75) is 16.1 Å². The van der Waals surface area contributed by atoms with E-state index < -0.39 is 11.9 Å². The van der Waals surface area contributed by atoms with Crippen molar-refractivity contribution in [2.75, 3.05) is 14.2 Å². The molecule has 2 bridgehead atoms. The maximum Gasteiger partial charge on any atom is 0.334 e. The minimum absolute atomic E-state index is 0.0194. The Morgan fingerprint density at radius 2 is 1.35 bits per heavy atom. The van der Waals surface area contributed by atoms with Crippen LogP contribution in [0.3, 0.4) is 0 Å². The average molecular weight is 368 g/mol. The van der Waals surface area contributed by atoms with Crippen LogP contribution in [0.4, 0.5) is 0 Å². The van der Waals surface area contributed by atoms with E-state index in [0.717, 1.165) is 6.42 Å². The molecule has 1 saturated carbocycles. The first kappa shape index (κ1) is 13.1. The standard InChI is InChI=1S/C11H12Br2O4/c1-16-10(14)6-4-3-5(9(13)8(4)12)7(6)11(15)17-2/h4-5,8-9H,3H2,1-2H3/t4-,5+,8-,9-/m0/s1. The van der Waals surface area contributed by atoms with Gasteiger partial charge in [0.15, 0.2) is 0 Å². The summed E-state index contributed by atoms with van der Waals surface area (Å²) >= 11 is 7.11. The van der Waals surface area contributed by atoms with Crippen molar-refractivity contribution in [1.82, 2.24) is 0 Å². The van der Waals surface area contributed by atoms with Gasteiger partial charge in [-0.1, -0.05) is 31.9 Å². The van der Waals surface area contributed by atoms with Gasteiger partial charge >= 0.3 is 11.9 Å². The first-order valence-corrected chi connectivity index (χ1v) is 7.04. The van der Waals surface area contributed by atoms with Crippen molar-refractivity contribution in [3.8, 4) is 0 Å². The third kappa shape index (κ3) is 1.85. The van der Waals surface area contributed by atoms with Gasteiger partial charge in [0.25, 0.3) is 0 Å². The summed E-state index contributed by atoms with van der Waals surface area (Å²) in [6.07, 6.45) is 0.778. The Bertz CT molecular complexity index is 368. The van der Waals surface area contributed by atoms with Crippen LogP contribution < -0.4 is 0 Å². The molecule has 0 unspecified atom stereocenters. The third-order valence-corrected chi connectivity index (χ3v) is 6.55. The summed E-state index contributed by atoms with van der Waals surface area (Å²) in [7, 11) is 2.65. The van der Waals surface area contributed by atoms with Crippen LogP contribution in [0, 0.1) is 11.8 Å². The van der Waals surface area contributed by atoms with Crippen molar-refractivity contribution in [2.24, 2.45) is 11.8 Å². The lowest BCUT2D eigenvalue weighted by Crippen LogP contribution is -2.31. The number of rotatable bonds is 2. The molecule has 1 fully saturated rings. The Balaban J connectivity index is 2.47. The number of halogens is 2. The highest BCUT2D eigenvalue weighted by atomic mass is 79.9. The molecule has 0 aromatic rings. The van der Waals surface area contributed by atoms with Crippen LogP contribution in [-0.2, 0) is 19.1 Å². The van der Waals surface area contributed by atoms with E-state index in [1.165, 1.54) is 14.2 Å². The van der Waals surface area contributed by atoms with E-state index >= 15 is 0 Å². The van der Waals surface area contributed by atoms with Gasteiger partial charge in [0, 0.05) is 21.5 Å². The van der Waals surface area contributed by atoms with Gasteiger partial charge in [0.05, 0.1) is 25.4 Å². The number of esters is 2. The van der Waals surface area contributed by atoms with Crippen LogP contribution in [0.2, 0.25) is 0 Å². The molecule has 0 amide bonds. The molecule has 0 spiro atoms. The molecule has 0 aromatic carbocycles. The molecule has 2 aliphatic rings. The zero-order chi connectivity index (χ0) is 12.7. The van der Waals surface area contributed by atoms with E-state index in [2.05, 4.69) is 31.9 Å². The van der Waals surface area contributed by atoms with Crippen molar-refractivity contribution in [3.05, 3.63) is 11.1 Å². The quantitative estimate of drug-likeness (QED) is 0.551. The summed E-state index contributed by atoms with van der Waals surface area (Å²) in [6, 6.07) is 0. The highest BCUT2D eigenvalue weighted by molar-refractivity contribution is 9.12. The van der Waals surface area contributed by atoms with Gasteiger partial charge in [-0.05, 0) is 6.42 Å². The van der Waals surface area contributed by atoms with Gasteiger partial charge < -0.3 is 9.47 Å². The zero-order valence-electron chi connectivity index (χ0n) is 9.41.